The van der Waals surface area contributed by atoms with Gasteiger partial charge in [-0.3, -0.25) is 0 Å². The predicted octanol–water partition coefficient (Wildman–Crippen LogP) is 4.82. The van der Waals surface area contributed by atoms with Crippen LogP contribution in [0.15, 0.2) is 36.4 Å². The molecule has 0 saturated heterocycles. The summed E-state index contributed by atoms with van der Waals surface area (Å²) in [5, 5.41) is 0. The van der Waals surface area contributed by atoms with Crippen molar-refractivity contribution in [2.45, 2.75) is 34.1 Å². The van der Waals surface area contributed by atoms with E-state index in [2.05, 4.69) is 36.4 Å². The summed E-state index contributed by atoms with van der Waals surface area (Å²) in [6, 6.07) is 13.5. The summed E-state index contributed by atoms with van der Waals surface area (Å²) in [6.07, 6.45) is 2.29. The molecule has 0 heteroatoms. The van der Waals surface area contributed by atoms with Gasteiger partial charge in [0, 0.05) is 1.37 Å². The van der Waals surface area contributed by atoms with Gasteiger partial charge in [-0.05, 0) is 46.2 Å². The molecule has 0 heterocycles. The minimum absolute atomic E-state index is 1.15. The maximum atomic E-state index is 5.75. The fourth-order valence-corrected chi connectivity index (χ4v) is 2.95. The first-order chi connectivity index (χ1) is 8.93. The first-order valence-corrected chi connectivity index (χ1v) is 6.15. The number of hydrogen-bond donors (Lipinski definition) is 0. The monoisotopic (exact) mass is 226 g/mol. The normalized spacial score (nSPS) is 12.8. The summed E-state index contributed by atoms with van der Waals surface area (Å²) in [4.78, 5) is 0. The van der Waals surface area contributed by atoms with Gasteiger partial charge >= 0.3 is 0 Å². The topological polar surface area (TPSA) is 0 Å². The standard InChI is InChI=1S/C14H10.C2H6.CH4/c1-3-9-7-11-5-2-6-12-8-10(4-1)13(9)14(11)12;1-2;/h1-6H,7-8H2;1-2H3;1H4/i;;1T. The van der Waals surface area contributed by atoms with Gasteiger partial charge in [0.05, 0.1) is 0 Å². The van der Waals surface area contributed by atoms with Crippen LogP contribution in [0.5, 0.6) is 0 Å². The van der Waals surface area contributed by atoms with Crippen molar-refractivity contribution in [2.75, 3.05) is 0 Å². The van der Waals surface area contributed by atoms with Crippen LogP contribution in [0.2, 0.25) is 0 Å². The van der Waals surface area contributed by atoms with Gasteiger partial charge in [-0.2, -0.15) is 0 Å². The summed E-state index contributed by atoms with van der Waals surface area (Å²) in [7, 11) is 1.25. The Morgan fingerprint density at radius 1 is 0.765 bits per heavy atom. The van der Waals surface area contributed by atoms with Crippen LogP contribution in [-0.4, -0.2) is 0 Å². The Balaban J connectivity index is 0.000000277. The van der Waals surface area contributed by atoms with Crippen LogP contribution in [0.1, 0.15) is 44.9 Å². The third-order valence-electron chi connectivity index (χ3n) is 3.49. The summed E-state index contributed by atoms with van der Waals surface area (Å²) in [6.45, 7) is 4.00. The molecule has 0 radical (unpaired) electrons. The van der Waals surface area contributed by atoms with Gasteiger partial charge in [0.15, 0.2) is 0 Å². The number of hydrogen-bond acceptors (Lipinski definition) is 0. The molecule has 0 amide bonds. The number of rotatable bonds is 0. The fourth-order valence-electron chi connectivity index (χ4n) is 2.95. The van der Waals surface area contributed by atoms with Crippen molar-refractivity contribution in [3.8, 4) is 11.1 Å². The van der Waals surface area contributed by atoms with E-state index in [0.717, 1.165) is 12.8 Å². The summed E-state index contributed by atoms with van der Waals surface area (Å²) < 4.78 is 5.75. The maximum absolute atomic E-state index is 5.75. The Morgan fingerprint density at radius 2 is 1.06 bits per heavy atom. The van der Waals surface area contributed by atoms with Crippen molar-refractivity contribution in [1.82, 2.24) is 0 Å². The molecule has 17 heavy (non-hydrogen) atoms. The Bertz CT molecular complexity index is 464. The first kappa shape index (κ1) is 10.6. The van der Waals surface area contributed by atoms with Crippen LogP contribution in [0.4, 0.5) is 0 Å². The molecule has 2 aromatic rings. The second-order valence-corrected chi connectivity index (χ2v) is 4.26. The zero-order valence-electron chi connectivity index (χ0n) is 11.9. The van der Waals surface area contributed by atoms with Gasteiger partial charge in [-0.15, -0.1) is 0 Å². The van der Waals surface area contributed by atoms with Crippen molar-refractivity contribution in [3.63, 3.8) is 0 Å². The lowest BCUT2D eigenvalue weighted by Crippen LogP contribution is -1.87. The molecule has 0 aliphatic heterocycles. The Hall–Kier alpha value is -1.56. The van der Waals surface area contributed by atoms with E-state index in [1.807, 2.05) is 13.8 Å². The molecule has 0 spiro atoms. The second-order valence-electron chi connectivity index (χ2n) is 4.26. The lowest BCUT2D eigenvalue weighted by Gasteiger charge is -2.00. The van der Waals surface area contributed by atoms with Gasteiger partial charge in [0.1, 0.15) is 0 Å². The molecule has 0 bridgehead atoms. The zero-order valence-corrected chi connectivity index (χ0v) is 10.9. The molecular formula is C17H20. The van der Waals surface area contributed by atoms with Crippen molar-refractivity contribution in [1.29, 1.82) is 0 Å². The van der Waals surface area contributed by atoms with Crippen LogP contribution in [-0.2, 0) is 12.8 Å². The Kier molecular flexibility index (Phi) is 2.72. The SMILES string of the molecule is CC.[3H]C.c1cc2c3c(c1)Cc1cccc(c1-3)C2. The average Bonchev–Trinajstić information content (AvgIpc) is 3.01. The first-order valence-electron chi connectivity index (χ1n) is 7.15. The maximum Gasteiger partial charge on any atom is 0.0194 e. The molecule has 0 saturated carbocycles. The fraction of sp³-hybridized carbons (Fsp3) is 0.294. The Morgan fingerprint density at radius 3 is 1.35 bits per heavy atom. The summed E-state index contributed by atoms with van der Waals surface area (Å²) in [5.41, 5.74) is 9.23. The summed E-state index contributed by atoms with van der Waals surface area (Å²) in [5.74, 6) is 0. The molecule has 2 aliphatic carbocycles. The van der Waals surface area contributed by atoms with Gasteiger partial charge in [-0.1, -0.05) is 57.6 Å². The molecule has 0 unspecified atom stereocenters. The van der Waals surface area contributed by atoms with Gasteiger partial charge in [0.25, 0.3) is 0 Å². The zero-order chi connectivity index (χ0) is 13.1. The van der Waals surface area contributed by atoms with E-state index in [9.17, 15) is 0 Å². The highest BCUT2D eigenvalue weighted by Gasteiger charge is 2.28. The molecule has 0 N–H and O–H groups in total. The van der Waals surface area contributed by atoms with E-state index in [1.54, 1.807) is 11.1 Å². The predicted molar refractivity (Wildman–Crippen MR) is 75.6 cm³/mol. The molecule has 88 valence electrons. The van der Waals surface area contributed by atoms with Gasteiger partial charge in [-0.25, -0.2) is 0 Å². The molecule has 0 fully saturated rings. The second kappa shape index (κ2) is 4.37. The molecule has 2 aromatic carbocycles. The molecule has 2 aliphatic rings. The molecular weight excluding hydrogens is 204 g/mol. The lowest BCUT2D eigenvalue weighted by molar-refractivity contribution is 1.19. The van der Waals surface area contributed by atoms with E-state index in [0.29, 0.717) is 0 Å². The van der Waals surface area contributed by atoms with E-state index < -0.39 is 0 Å². The van der Waals surface area contributed by atoms with E-state index in [-0.39, 0.29) is 0 Å². The van der Waals surface area contributed by atoms with Crippen LogP contribution < -0.4 is 0 Å². The Labute approximate surface area is 106 Å². The highest BCUT2D eigenvalue weighted by molar-refractivity contribution is 5.86. The minimum atomic E-state index is 1.15. The van der Waals surface area contributed by atoms with Crippen LogP contribution in [0, 0.1) is 0 Å². The minimum Gasteiger partial charge on any atom is -0.0776 e. The van der Waals surface area contributed by atoms with Gasteiger partial charge in [0.2, 0.25) is 0 Å². The quantitative estimate of drug-likeness (QED) is 0.403. The highest BCUT2D eigenvalue weighted by atomic mass is 14.3. The van der Waals surface area contributed by atoms with Crippen molar-refractivity contribution < 1.29 is 1.37 Å². The van der Waals surface area contributed by atoms with Crippen LogP contribution in [0.25, 0.3) is 11.1 Å². The van der Waals surface area contributed by atoms with Crippen molar-refractivity contribution >= 4 is 0 Å². The van der Waals surface area contributed by atoms with E-state index in [4.69, 9.17) is 1.37 Å². The largest absolute Gasteiger partial charge is 0.0776 e. The number of benzene rings is 2. The van der Waals surface area contributed by atoms with Crippen molar-refractivity contribution in [2.24, 2.45) is 0 Å². The van der Waals surface area contributed by atoms with E-state index in [1.165, 1.54) is 29.7 Å². The molecule has 0 atom stereocenters. The molecule has 0 nitrogen and oxygen atoms in total. The third-order valence-corrected chi connectivity index (χ3v) is 3.49. The molecule has 4 rings (SSSR count). The third kappa shape index (κ3) is 1.51. The van der Waals surface area contributed by atoms with E-state index >= 15 is 0 Å². The van der Waals surface area contributed by atoms with Crippen LogP contribution >= 0.6 is 0 Å². The average molecular weight is 226 g/mol. The van der Waals surface area contributed by atoms with Gasteiger partial charge < -0.3 is 0 Å². The summed E-state index contributed by atoms with van der Waals surface area (Å²) >= 11 is 0. The van der Waals surface area contributed by atoms with Crippen molar-refractivity contribution in [3.05, 3.63) is 58.7 Å². The highest BCUT2D eigenvalue weighted by Crippen LogP contribution is 2.46. The van der Waals surface area contributed by atoms with Crippen LogP contribution in [0.3, 0.4) is 0 Å². The molecule has 0 aromatic heterocycles. The lowest BCUT2D eigenvalue weighted by atomic mass is 10.0. The smallest absolute Gasteiger partial charge is 0.0194 e.